The number of ketones is 1. The van der Waals surface area contributed by atoms with E-state index in [9.17, 15) is 23.3 Å². The summed E-state index contributed by atoms with van der Waals surface area (Å²) in [5.74, 6) is -1.29. The predicted octanol–water partition coefficient (Wildman–Crippen LogP) is 2.25. The van der Waals surface area contributed by atoms with E-state index in [2.05, 4.69) is 4.72 Å². The molecule has 0 aliphatic heterocycles. The average molecular weight is 440 g/mol. The summed E-state index contributed by atoms with van der Waals surface area (Å²) in [5, 5.41) is 11.1. The van der Waals surface area contributed by atoms with Gasteiger partial charge in [0.25, 0.3) is 0 Å². The van der Waals surface area contributed by atoms with Gasteiger partial charge in [-0.1, -0.05) is 0 Å². The topological polar surface area (TPSA) is 143 Å². The summed E-state index contributed by atoms with van der Waals surface area (Å²) in [6.45, 7) is 0. The fraction of sp³-hybridized carbons (Fsp3) is 0.278. The zero-order chi connectivity index (χ0) is 22.5. The number of nitrogens with zero attached hydrogens (tertiary/aromatic N) is 1. The summed E-state index contributed by atoms with van der Waals surface area (Å²) < 4.78 is 47.5. The largest absolute Gasteiger partial charge is 0.496 e. The van der Waals surface area contributed by atoms with Gasteiger partial charge in [0, 0.05) is 18.2 Å². The van der Waals surface area contributed by atoms with Crippen molar-refractivity contribution < 1.29 is 37.1 Å². The van der Waals surface area contributed by atoms with Crippen LogP contribution in [0.4, 0.5) is 11.4 Å². The van der Waals surface area contributed by atoms with Gasteiger partial charge in [-0.15, -0.1) is 0 Å². The molecule has 30 heavy (non-hydrogen) atoms. The van der Waals surface area contributed by atoms with Crippen molar-refractivity contribution in [1.82, 2.24) is 0 Å². The zero-order valence-corrected chi connectivity index (χ0v) is 17.4. The standard InChI is InChI=1S/C18H20N2O9S/c1-26-12-8-16(28-3)18(17(9-12)29-4)14(21)10-30(24,25)19-11-5-6-15(27-2)13(7-11)20(22)23/h5-9,19H,10H2,1-4H3. The number of hydrogen-bond acceptors (Lipinski definition) is 9. The second kappa shape index (κ2) is 9.31. The van der Waals surface area contributed by atoms with Crippen molar-refractivity contribution in [3.05, 3.63) is 46.0 Å². The molecular weight excluding hydrogens is 420 g/mol. The highest BCUT2D eigenvalue weighted by Gasteiger charge is 2.26. The number of rotatable bonds is 10. The van der Waals surface area contributed by atoms with E-state index in [0.717, 1.165) is 6.07 Å². The molecule has 0 unspecified atom stereocenters. The third kappa shape index (κ3) is 5.08. The van der Waals surface area contributed by atoms with Crippen LogP contribution in [0.3, 0.4) is 0 Å². The Bertz CT molecular complexity index is 1040. The number of carbonyl (C=O) groups is 1. The van der Waals surface area contributed by atoms with Gasteiger partial charge >= 0.3 is 5.69 Å². The first-order valence-electron chi connectivity index (χ1n) is 8.31. The molecule has 0 spiro atoms. The molecule has 0 aromatic heterocycles. The number of benzene rings is 2. The highest BCUT2D eigenvalue weighted by molar-refractivity contribution is 7.93. The molecule has 2 rings (SSSR count). The van der Waals surface area contributed by atoms with Crippen LogP contribution < -0.4 is 23.7 Å². The lowest BCUT2D eigenvalue weighted by Crippen LogP contribution is -2.23. The van der Waals surface area contributed by atoms with Crippen molar-refractivity contribution in [2.75, 3.05) is 38.9 Å². The first-order chi connectivity index (χ1) is 14.1. The van der Waals surface area contributed by atoms with E-state index in [0.29, 0.717) is 5.75 Å². The number of ether oxygens (including phenoxy) is 4. The van der Waals surface area contributed by atoms with Gasteiger partial charge in [-0.05, 0) is 12.1 Å². The lowest BCUT2D eigenvalue weighted by Gasteiger charge is -2.15. The van der Waals surface area contributed by atoms with Gasteiger partial charge in [-0.2, -0.15) is 0 Å². The monoisotopic (exact) mass is 440 g/mol. The maximum Gasteiger partial charge on any atom is 0.312 e. The SMILES string of the molecule is COc1cc(OC)c(C(=O)CS(=O)(=O)Nc2ccc(OC)c([N+](=O)[O-])c2)c(OC)c1. The molecule has 0 radical (unpaired) electrons. The Labute approximate surface area is 172 Å². The number of hydrogen-bond donors (Lipinski definition) is 1. The van der Waals surface area contributed by atoms with Crippen molar-refractivity contribution >= 4 is 27.2 Å². The molecule has 0 bridgehead atoms. The fourth-order valence-electron chi connectivity index (χ4n) is 2.64. The predicted molar refractivity (Wildman–Crippen MR) is 107 cm³/mol. The summed E-state index contributed by atoms with van der Waals surface area (Å²) in [6.07, 6.45) is 0. The first-order valence-corrected chi connectivity index (χ1v) is 9.97. The molecule has 0 saturated heterocycles. The summed E-state index contributed by atoms with van der Waals surface area (Å²) in [7, 11) is 1.08. The smallest absolute Gasteiger partial charge is 0.312 e. The molecular formula is C18H20N2O9S. The molecule has 12 heteroatoms. The Balaban J connectivity index is 2.33. The minimum Gasteiger partial charge on any atom is -0.496 e. The van der Waals surface area contributed by atoms with E-state index in [1.807, 2.05) is 0 Å². The fourth-order valence-corrected chi connectivity index (χ4v) is 3.68. The Morgan fingerprint density at radius 2 is 1.53 bits per heavy atom. The van der Waals surface area contributed by atoms with Crippen molar-refractivity contribution in [3.8, 4) is 23.0 Å². The maximum absolute atomic E-state index is 12.7. The molecule has 0 aliphatic rings. The molecule has 0 fully saturated rings. The normalized spacial score (nSPS) is 10.8. The molecule has 162 valence electrons. The van der Waals surface area contributed by atoms with E-state index >= 15 is 0 Å². The maximum atomic E-state index is 12.7. The Morgan fingerprint density at radius 3 is 2.00 bits per heavy atom. The minimum atomic E-state index is -4.22. The van der Waals surface area contributed by atoms with E-state index in [1.165, 1.54) is 52.7 Å². The molecule has 1 N–H and O–H groups in total. The average Bonchev–Trinajstić information content (AvgIpc) is 2.71. The highest BCUT2D eigenvalue weighted by Crippen LogP contribution is 2.35. The van der Waals surface area contributed by atoms with Crippen LogP contribution in [0, 0.1) is 10.1 Å². The summed E-state index contributed by atoms with van der Waals surface area (Å²) >= 11 is 0. The van der Waals surface area contributed by atoms with Crippen LogP contribution in [0.15, 0.2) is 30.3 Å². The molecule has 0 saturated carbocycles. The van der Waals surface area contributed by atoms with E-state index in [-0.39, 0.29) is 28.5 Å². The van der Waals surface area contributed by atoms with Gasteiger partial charge in [0.15, 0.2) is 11.5 Å². The van der Waals surface area contributed by atoms with Crippen molar-refractivity contribution in [1.29, 1.82) is 0 Å². The summed E-state index contributed by atoms with van der Waals surface area (Å²) in [4.78, 5) is 23.1. The lowest BCUT2D eigenvalue weighted by atomic mass is 10.1. The summed E-state index contributed by atoms with van der Waals surface area (Å²) in [5.41, 5.74) is -0.599. The number of sulfonamides is 1. The van der Waals surface area contributed by atoms with Gasteiger partial charge < -0.3 is 18.9 Å². The van der Waals surface area contributed by atoms with Gasteiger partial charge in [0.1, 0.15) is 28.6 Å². The Hall–Kier alpha value is -3.54. The third-order valence-corrected chi connectivity index (χ3v) is 5.15. The van der Waals surface area contributed by atoms with Crippen LogP contribution in [0.2, 0.25) is 0 Å². The zero-order valence-electron chi connectivity index (χ0n) is 16.6. The Morgan fingerprint density at radius 1 is 0.967 bits per heavy atom. The number of methoxy groups -OCH3 is 4. The van der Waals surface area contributed by atoms with Crippen LogP contribution in [-0.4, -0.2) is 53.3 Å². The minimum absolute atomic E-state index is 0.0354. The third-order valence-electron chi connectivity index (χ3n) is 3.96. The van der Waals surface area contributed by atoms with Gasteiger partial charge in [-0.25, -0.2) is 8.42 Å². The molecule has 2 aromatic rings. The van der Waals surface area contributed by atoms with E-state index < -0.39 is 32.2 Å². The van der Waals surface area contributed by atoms with Crippen LogP contribution in [0.5, 0.6) is 23.0 Å². The van der Waals surface area contributed by atoms with E-state index in [4.69, 9.17) is 18.9 Å². The highest BCUT2D eigenvalue weighted by atomic mass is 32.2. The van der Waals surface area contributed by atoms with Crippen molar-refractivity contribution in [2.45, 2.75) is 0 Å². The quantitative estimate of drug-likeness (QED) is 0.334. The number of anilines is 1. The van der Waals surface area contributed by atoms with E-state index in [1.54, 1.807) is 0 Å². The van der Waals surface area contributed by atoms with Crippen molar-refractivity contribution in [3.63, 3.8) is 0 Å². The second-order valence-corrected chi connectivity index (χ2v) is 7.56. The Kier molecular flexibility index (Phi) is 7.06. The number of carbonyl (C=O) groups excluding carboxylic acids is 1. The van der Waals surface area contributed by atoms with Crippen LogP contribution in [-0.2, 0) is 10.0 Å². The molecule has 11 nitrogen and oxygen atoms in total. The first kappa shape index (κ1) is 22.7. The lowest BCUT2D eigenvalue weighted by molar-refractivity contribution is -0.385. The number of nitrogens with one attached hydrogen (secondary N) is 1. The molecule has 2 aromatic carbocycles. The summed E-state index contributed by atoms with van der Waals surface area (Å²) in [6, 6.07) is 6.36. The number of nitro benzene ring substituents is 1. The molecule has 0 heterocycles. The molecule has 0 amide bonds. The number of nitro groups is 1. The van der Waals surface area contributed by atoms with Gasteiger partial charge in [0.05, 0.1) is 39.0 Å². The van der Waals surface area contributed by atoms with Gasteiger partial charge in [-0.3, -0.25) is 19.6 Å². The molecule has 0 aliphatic carbocycles. The van der Waals surface area contributed by atoms with Crippen LogP contribution >= 0.6 is 0 Å². The van der Waals surface area contributed by atoms with Crippen molar-refractivity contribution in [2.24, 2.45) is 0 Å². The second-order valence-electron chi connectivity index (χ2n) is 5.83. The number of Topliss-reactive ketones (excluding diaryl/α,β-unsaturated/α-hetero) is 1. The molecule has 0 atom stereocenters. The van der Waals surface area contributed by atoms with Crippen LogP contribution in [0.25, 0.3) is 0 Å². The van der Waals surface area contributed by atoms with Crippen LogP contribution in [0.1, 0.15) is 10.4 Å². The van der Waals surface area contributed by atoms with Gasteiger partial charge in [0.2, 0.25) is 10.0 Å².